The Bertz CT molecular complexity index is 1230. The van der Waals surface area contributed by atoms with Crippen molar-refractivity contribution in [1.82, 2.24) is 10.9 Å². The minimum Gasteiger partial charge on any atom is -0.483 e. The largest absolute Gasteiger partial charge is 0.483 e. The van der Waals surface area contributed by atoms with Gasteiger partial charge in [-0.1, -0.05) is 54.6 Å². The quantitative estimate of drug-likeness (QED) is 0.476. The molecule has 2 amide bonds. The zero-order chi connectivity index (χ0) is 23.1. The Morgan fingerprint density at radius 3 is 2.31 bits per heavy atom. The van der Waals surface area contributed by atoms with Gasteiger partial charge >= 0.3 is 0 Å². The molecule has 0 heterocycles. The maximum absolute atomic E-state index is 12.3. The Balaban J connectivity index is 1.58. The molecule has 166 valence electrons. The fourth-order valence-electron chi connectivity index (χ4n) is 2.90. The van der Waals surface area contributed by atoms with E-state index in [0.29, 0.717) is 11.3 Å². The Kier molecular flexibility index (Phi) is 7.11. The second-order valence-electron chi connectivity index (χ2n) is 7.06. The van der Waals surface area contributed by atoms with Crippen LogP contribution in [0.2, 0.25) is 0 Å². The van der Waals surface area contributed by atoms with Gasteiger partial charge in [0.25, 0.3) is 11.8 Å². The molecule has 3 aromatic carbocycles. The third-order valence-corrected chi connectivity index (χ3v) is 5.03. The summed E-state index contributed by atoms with van der Waals surface area (Å²) in [6.07, 6.45) is 1.02. The van der Waals surface area contributed by atoms with E-state index in [4.69, 9.17) is 4.74 Å². The van der Waals surface area contributed by atoms with E-state index in [1.165, 1.54) is 12.1 Å². The lowest BCUT2D eigenvalue weighted by atomic mass is 10.1. The molecular weight excluding hydrogens is 430 g/mol. The summed E-state index contributed by atoms with van der Waals surface area (Å²) in [6.45, 7) is 1.40. The molecular formula is C23H23N3O5S. The van der Waals surface area contributed by atoms with E-state index >= 15 is 0 Å². The number of sulfonamides is 1. The second kappa shape index (κ2) is 9.97. The van der Waals surface area contributed by atoms with E-state index in [1.54, 1.807) is 25.1 Å². The van der Waals surface area contributed by atoms with Crippen molar-refractivity contribution < 1.29 is 22.7 Å². The molecule has 9 heteroatoms. The number of anilines is 1. The number of carbonyl (C=O) groups excluding carboxylic acids is 2. The predicted octanol–water partition coefficient (Wildman–Crippen LogP) is 2.87. The first-order valence-corrected chi connectivity index (χ1v) is 11.6. The first kappa shape index (κ1) is 22.8. The number of hydrogen-bond donors (Lipinski definition) is 3. The molecule has 0 unspecified atom stereocenters. The second-order valence-corrected chi connectivity index (χ2v) is 8.81. The van der Waals surface area contributed by atoms with Gasteiger partial charge in [0.05, 0.1) is 11.9 Å². The summed E-state index contributed by atoms with van der Waals surface area (Å²) < 4.78 is 30.9. The van der Waals surface area contributed by atoms with Gasteiger partial charge < -0.3 is 4.74 Å². The van der Waals surface area contributed by atoms with Crippen molar-refractivity contribution in [3.05, 3.63) is 83.9 Å². The number of benzene rings is 3. The van der Waals surface area contributed by atoms with Crippen LogP contribution in [0.1, 0.15) is 15.9 Å². The van der Waals surface area contributed by atoms with Gasteiger partial charge in [-0.15, -0.1) is 0 Å². The summed E-state index contributed by atoms with van der Waals surface area (Å²) in [5.41, 5.74) is 7.50. The molecule has 8 nitrogen and oxygen atoms in total. The molecule has 0 atom stereocenters. The van der Waals surface area contributed by atoms with Gasteiger partial charge in [-0.25, -0.2) is 8.42 Å². The van der Waals surface area contributed by atoms with Gasteiger partial charge in [-0.3, -0.25) is 25.2 Å². The number of ether oxygens (including phenoxy) is 1. The number of para-hydroxylation sites is 1. The maximum Gasteiger partial charge on any atom is 0.276 e. The van der Waals surface area contributed by atoms with Crippen LogP contribution in [0.3, 0.4) is 0 Å². The van der Waals surface area contributed by atoms with Crippen molar-refractivity contribution in [2.45, 2.75) is 6.92 Å². The molecule has 0 saturated carbocycles. The van der Waals surface area contributed by atoms with Crippen LogP contribution in [0.4, 0.5) is 5.69 Å². The minimum absolute atomic E-state index is 0.178. The number of nitrogens with one attached hydrogen (secondary N) is 3. The van der Waals surface area contributed by atoms with E-state index in [2.05, 4.69) is 15.6 Å². The van der Waals surface area contributed by atoms with Gasteiger partial charge in [0.1, 0.15) is 5.75 Å². The zero-order valence-electron chi connectivity index (χ0n) is 17.6. The molecule has 3 aromatic rings. The van der Waals surface area contributed by atoms with Crippen molar-refractivity contribution in [2.24, 2.45) is 0 Å². The molecule has 0 saturated heterocycles. The molecule has 0 radical (unpaired) electrons. The van der Waals surface area contributed by atoms with Crippen LogP contribution < -0.4 is 20.3 Å². The Morgan fingerprint density at radius 2 is 1.59 bits per heavy atom. The average molecular weight is 454 g/mol. The number of rotatable bonds is 7. The van der Waals surface area contributed by atoms with Gasteiger partial charge in [-0.05, 0) is 36.2 Å². The Labute approximate surface area is 186 Å². The lowest BCUT2D eigenvalue weighted by Gasteiger charge is -2.13. The molecule has 0 aliphatic carbocycles. The van der Waals surface area contributed by atoms with Crippen molar-refractivity contribution in [2.75, 3.05) is 17.6 Å². The SMILES string of the molecule is Cc1ccc(C(=O)NNC(=O)COc2ccccc2-c2ccccc2)cc1NS(C)(=O)=O. The maximum atomic E-state index is 12.3. The molecule has 0 aliphatic heterocycles. The molecule has 3 rings (SSSR count). The summed E-state index contributed by atoms with van der Waals surface area (Å²) >= 11 is 0. The fourth-order valence-corrected chi connectivity index (χ4v) is 3.52. The number of amides is 2. The average Bonchev–Trinajstić information content (AvgIpc) is 2.77. The van der Waals surface area contributed by atoms with E-state index in [-0.39, 0.29) is 17.9 Å². The van der Waals surface area contributed by atoms with Gasteiger partial charge in [0.15, 0.2) is 6.61 Å². The lowest BCUT2D eigenvalue weighted by Crippen LogP contribution is -2.43. The smallest absolute Gasteiger partial charge is 0.276 e. The normalized spacial score (nSPS) is 10.8. The summed E-state index contributed by atoms with van der Waals surface area (Å²) in [4.78, 5) is 24.5. The van der Waals surface area contributed by atoms with E-state index in [1.807, 2.05) is 42.5 Å². The summed E-state index contributed by atoms with van der Waals surface area (Å²) in [5.74, 6) is -0.613. The topological polar surface area (TPSA) is 114 Å². The number of carbonyl (C=O) groups is 2. The summed E-state index contributed by atoms with van der Waals surface area (Å²) in [6, 6.07) is 21.5. The number of aryl methyl sites for hydroxylation is 1. The number of hydrazine groups is 1. The van der Waals surface area contributed by atoms with Crippen LogP contribution in [-0.2, 0) is 14.8 Å². The summed E-state index contributed by atoms with van der Waals surface area (Å²) in [5, 5.41) is 0. The van der Waals surface area contributed by atoms with Crippen molar-refractivity contribution in [1.29, 1.82) is 0 Å². The molecule has 0 fully saturated rings. The lowest BCUT2D eigenvalue weighted by molar-refractivity contribution is -0.123. The van der Waals surface area contributed by atoms with Crippen molar-refractivity contribution in [3.63, 3.8) is 0 Å². The predicted molar refractivity (Wildman–Crippen MR) is 123 cm³/mol. The highest BCUT2D eigenvalue weighted by Gasteiger charge is 2.13. The minimum atomic E-state index is -3.49. The van der Waals surface area contributed by atoms with Crippen molar-refractivity contribution in [3.8, 4) is 16.9 Å². The Hall–Kier alpha value is -3.85. The van der Waals surface area contributed by atoms with Crippen LogP contribution in [0, 0.1) is 6.92 Å². The molecule has 0 spiro atoms. The molecule has 3 N–H and O–H groups in total. The highest BCUT2D eigenvalue weighted by atomic mass is 32.2. The monoisotopic (exact) mass is 453 g/mol. The third kappa shape index (κ3) is 6.32. The van der Waals surface area contributed by atoms with Crippen LogP contribution >= 0.6 is 0 Å². The van der Waals surface area contributed by atoms with E-state index in [9.17, 15) is 18.0 Å². The highest BCUT2D eigenvalue weighted by Crippen LogP contribution is 2.29. The van der Waals surface area contributed by atoms with Crippen molar-refractivity contribution >= 4 is 27.5 Å². The summed E-state index contributed by atoms with van der Waals surface area (Å²) in [7, 11) is -3.49. The van der Waals surface area contributed by atoms with Crippen LogP contribution in [-0.4, -0.2) is 33.1 Å². The first-order valence-electron chi connectivity index (χ1n) is 9.68. The number of hydrogen-bond acceptors (Lipinski definition) is 5. The first-order chi connectivity index (χ1) is 15.2. The van der Waals surface area contributed by atoms with Crippen LogP contribution in [0.5, 0.6) is 5.75 Å². The van der Waals surface area contributed by atoms with Crippen LogP contribution in [0.25, 0.3) is 11.1 Å². The third-order valence-electron chi connectivity index (χ3n) is 4.44. The van der Waals surface area contributed by atoms with Gasteiger partial charge in [0.2, 0.25) is 10.0 Å². The Morgan fingerprint density at radius 1 is 0.906 bits per heavy atom. The molecule has 0 aliphatic rings. The zero-order valence-corrected chi connectivity index (χ0v) is 18.4. The molecule has 0 bridgehead atoms. The van der Waals surface area contributed by atoms with E-state index in [0.717, 1.165) is 17.4 Å². The standard InChI is InChI=1S/C23H23N3O5S/c1-16-12-13-18(14-20(16)26-32(2,29)30)23(28)25-24-22(27)15-31-21-11-7-6-10-19(21)17-8-4-3-5-9-17/h3-14,26H,15H2,1-2H3,(H,24,27)(H,25,28). The van der Waals surface area contributed by atoms with Gasteiger partial charge in [0, 0.05) is 11.1 Å². The van der Waals surface area contributed by atoms with Crippen LogP contribution in [0.15, 0.2) is 72.8 Å². The molecule has 32 heavy (non-hydrogen) atoms. The molecule has 0 aromatic heterocycles. The fraction of sp³-hybridized carbons (Fsp3) is 0.130. The highest BCUT2D eigenvalue weighted by molar-refractivity contribution is 7.92. The van der Waals surface area contributed by atoms with E-state index < -0.39 is 21.8 Å². The van der Waals surface area contributed by atoms with Gasteiger partial charge in [-0.2, -0.15) is 0 Å².